The van der Waals surface area contributed by atoms with E-state index in [1.165, 1.54) is 11.1 Å². The third-order valence-electron chi connectivity index (χ3n) is 3.39. The number of hydrogen-bond donors (Lipinski definition) is 0. The SMILES string of the molecule is CC.CC.Cc1cccc(C(=O)N2Cc3ccccc3C2)c1. The van der Waals surface area contributed by atoms with Gasteiger partial charge >= 0.3 is 0 Å². The van der Waals surface area contributed by atoms with Gasteiger partial charge in [0.2, 0.25) is 0 Å². The highest BCUT2D eigenvalue weighted by Crippen LogP contribution is 2.24. The van der Waals surface area contributed by atoms with Crippen LogP contribution in [0.2, 0.25) is 0 Å². The molecule has 1 heterocycles. The van der Waals surface area contributed by atoms with E-state index in [2.05, 4.69) is 12.1 Å². The van der Waals surface area contributed by atoms with E-state index in [9.17, 15) is 4.79 Å². The number of carbonyl (C=O) groups excluding carboxylic acids is 1. The number of benzene rings is 2. The molecular weight excluding hydrogens is 270 g/mol. The minimum Gasteiger partial charge on any atom is -0.330 e. The number of carbonyl (C=O) groups is 1. The molecule has 0 spiro atoms. The maximum absolute atomic E-state index is 12.4. The molecule has 0 N–H and O–H groups in total. The summed E-state index contributed by atoms with van der Waals surface area (Å²) in [6.45, 7) is 11.5. The Bertz CT molecular complexity index is 579. The Morgan fingerprint density at radius 2 is 1.41 bits per heavy atom. The number of amides is 1. The molecule has 118 valence electrons. The van der Waals surface area contributed by atoms with Crippen molar-refractivity contribution in [1.82, 2.24) is 4.90 Å². The molecule has 0 bridgehead atoms. The van der Waals surface area contributed by atoms with Crippen LogP contribution in [0.1, 0.15) is 54.7 Å². The average molecular weight is 297 g/mol. The Balaban J connectivity index is 0.000000561. The van der Waals surface area contributed by atoms with Gasteiger partial charge in [0, 0.05) is 18.7 Å². The molecule has 0 atom stereocenters. The van der Waals surface area contributed by atoms with Gasteiger partial charge in [-0.1, -0.05) is 69.7 Å². The maximum atomic E-state index is 12.4. The largest absolute Gasteiger partial charge is 0.330 e. The van der Waals surface area contributed by atoms with Crippen LogP contribution in [0.15, 0.2) is 48.5 Å². The smallest absolute Gasteiger partial charge is 0.254 e. The Morgan fingerprint density at radius 3 is 1.91 bits per heavy atom. The number of aryl methyl sites for hydroxylation is 1. The standard InChI is InChI=1S/C16H15NO.2C2H6/c1-12-5-4-8-13(9-12)16(18)17-10-14-6-2-3-7-15(14)11-17;2*1-2/h2-9H,10-11H2,1H3;2*1-2H3. The molecule has 3 rings (SSSR count). The summed E-state index contributed by atoms with van der Waals surface area (Å²) in [7, 11) is 0. The second-order valence-electron chi connectivity index (χ2n) is 4.80. The molecule has 0 fully saturated rings. The molecule has 0 saturated heterocycles. The van der Waals surface area contributed by atoms with Crippen LogP contribution in [0.4, 0.5) is 0 Å². The summed E-state index contributed by atoms with van der Waals surface area (Å²) in [5, 5.41) is 0. The normalized spacial score (nSPS) is 11.6. The van der Waals surface area contributed by atoms with E-state index in [-0.39, 0.29) is 5.91 Å². The van der Waals surface area contributed by atoms with Gasteiger partial charge in [-0.3, -0.25) is 4.79 Å². The minimum absolute atomic E-state index is 0.120. The lowest BCUT2D eigenvalue weighted by molar-refractivity contribution is 0.0751. The molecule has 2 aromatic rings. The van der Waals surface area contributed by atoms with Gasteiger partial charge in [0.05, 0.1) is 0 Å². The summed E-state index contributed by atoms with van der Waals surface area (Å²) in [4.78, 5) is 14.3. The van der Waals surface area contributed by atoms with Gasteiger partial charge in [0.15, 0.2) is 0 Å². The molecule has 2 nitrogen and oxygen atoms in total. The van der Waals surface area contributed by atoms with Crippen molar-refractivity contribution in [3.05, 3.63) is 70.8 Å². The highest BCUT2D eigenvalue weighted by Gasteiger charge is 2.23. The highest BCUT2D eigenvalue weighted by atomic mass is 16.2. The van der Waals surface area contributed by atoms with Gasteiger partial charge in [-0.2, -0.15) is 0 Å². The molecule has 22 heavy (non-hydrogen) atoms. The van der Waals surface area contributed by atoms with E-state index in [0.717, 1.165) is 24.2 Å². The topological polar surface area (TPSA) is 20.3 Å². The lowest BCUT2D eigenvalue weighted by atomic mass is 10.1. The van der Waals surface area contributed by atoms with Crippen LogP contribution in [-0.4, -0.2) is 10.8 Å². The quantitative estimate of drug-likeness (QED) is 0.708. The summed E-state index contributed by atoms with van der Waals surface area (Å²) >= 11 is 0. The van der Waals surface area contributed by atoms with Crippen molar-refractivity contribution in [3.63, 3.8) is 0 Å². The zero-order valence-electron chi connectivity index (χ0n) is 14.4. The zero-order valence-corrected chi connectivity index (χ0v) is 14.4. The lowest BCUT2D eigenvalue weighted by Crippen LogP contribution is -2.25. The predicted octanol–water partition coefficient (Wildman–Crippen LogP) is 5.20. The first-order valence-corrected chi connectivity index (χ1v) is 8.17. The molecule has 1 aliphatic rings. The molecule has 1 aliphatic heterocycles. The van der Waals surface area contributed by atoms with Crippen LogP contribution < -0.4 is 0 Å². The van der Waals surface area contributed by atoms with Crippen molar-refractivity contribution in [1.29, 1.82) is 0 Å². The van der Waals surface area contributed by atoms with E-state index >= 15 is 0 Å². The van der Waals surface area contributed by atoms with Crippen LogP contribution in [0, 0.1) is 6.92 Å². The van der Waals surface area contributed by atoms with E-state index in [1.807, 2.05) is 75.9 Å². The van der Waals surface area contributed by atoms with Gasteiger partial charge in [-0.05, 0) is 30.2 Å². The first kappa shape index (κ1) is 18.0. The second kappa shape index (κ2) is 9.04. The Kier molecular flexibility index (Phi) is 7.38. The summed E-state index contributed by atoms with van der Waals surface area (Å²) in [6, 6.07) is 16.0. The number of hydrogen-bond acceptors (Lipinski definition) is 1. The van der Waals surface area contributed by atoms with Crippen molar-refractivity contribution in [3.8, 4) is 0 Å². The van der Waals surface area contributed by atoms with E-state index in [0.29, 0.717) is 0 Å². The van der Waals surface area contributed by atoms with Gasteiger partial charge in [0.25, 0.3) is 5.91 Å². The maximum Gasteiger partial charge on any atom is 0.254 e. The third-order valence-corrected chi connectivity index (χ3v) is 3.39. The van der Waals surface area contributed by atoms with E-state index in [1.54, 1.807) is 0 Å². The summed E-state index contributed by atoms with van der Waals surface area (Å²) in [5.41, 5.74) is 4.43. The number of nitrogens with zero attached hydrogens (tertiary/aromatic N) is 1. The van der Waals surface area contributed by atoms with Crippen molar-refractivity contribution >= 4 is 5.91 Å². The van der Waals surface area contributed by atoms with E-state index in [4.69, 9.17) is 0 Å². The van der Waals surface area contributed by atoms with Crippen LogP contribution in [0.25, 0.3) is 0 Å². The van der Waals surface area contributed by atoms with Crippen molar-refractivity contribution in [2.45, 2.75) is 47.7 Å². The molecule has 0 unspecified atom stereocenters. The number of fused-ring (bicyclic) bond motifs is 1. The fraction of sp³-hybridized carbons (Fsp3) is 0.350. The fourth-order valence-electron chi connectivity index (χ4n) is 2.44. The molecule has 1 amide bonds. The molecule has 0 aromatic heterocycles. The minimum atomic E-state index is 0.120. The summed E-state index contributed by atoms with van der Waals surface area (Å²) < 4.78 is 0. The molecule has 0 radical (unpaired) electrons. The second-order valence-corrected chi connectivity index (χ2v) is 4.80. The Hall–Kier alpha value is -2.09. The van der Waals surface area contributed by atoms with E-state index < -0.39 is 0 Å². The Morgan fingerprint density at radius 1 is 0.864 bits per heavy atom. The van der Waals surface area contributed by atoms with Crippen LogP contribution in [0.3, 0.4) is 0 Å². The predicted molar refractivity (Wildman–Crippen MR) is 93.9 cm³/mol. The van der Waals surface area contributed by atoms with Crippen LogP contribution in [0.5, 0.6) is 0 Å². The van der Waals surface area contributed by atoms with Crippen molar-refractivity contribution < 1.29 is 4.79 Å². The van der Waals surface area contributed by atoms with Gasteiger partial charge in [0.1, 0.15) is 0 Å². The van der Waals surface area contributed by atoms with Crippen LogP contribution in [-0.2, 0) is 13.1 Å². The van der Waals surface area contributed by atoms with Gasteiger partial charge < -0.3 is 4.90 Å². The molecule has 0 saturated carbocycles. The molecule has 2 heteroatoms. The summed E-state index contributed by atoms with van der Waals surface area (Å²) in [5.74, 6) is 0.120. The van der Waals surface area contributed by atoms with Gasteiger partial charge in [-0.25, -0.2) is 0 Å². The number of rotatable bonds is 1. The van der Waals surface area contributed by atoms with Crippen LogP contribution >= 0.6 is 0 Å². The molecule has 0 aliphatic carbocycles. The summed E-state index contributed by atoms with van der Waals surface area (Å²) in [6.07, 6.45) is 0. The molecular formula is C20H27NO. The third kappa shape index (κ3) is 4.20. The molecule has 2 aromatic carbocycles. The average Bonchev–Trinajstić information content (AvgIpc) is 3.02. The van der Waals surface area contributed by atoms with Crippen molar-refractivity contribution in [2.75, 3.05) is 0 Å². The van der Waals surface area contributed by atoms with Crippen molar-refractivity contribution in [2.24, 2.45) is 0 Å². The zero-order chi connectivity index (χ0) is 16.5. The lowest BCUT2D eigenvalue weighted by Gasteiger charge is -2.15. The van der Waals surface area contributed by atoms with Gasteiger partial charge in [-0.15, -0.1) is 0 Å². The Labute approximate surface area is 134 Å². The monoisotopic (exact) mass is 297 g/mol. The first-order chi connectivity index (χ1) is 10.7. The first-order valence-electron chi connectivity index (χ1n) is 8.17. The fourth-order valence-corrected chi connectivity index (χ4v) is 2.44. The highest BCUT2D eigenvalue weighted by molar-refractivity contribution is 5.94.